The zero-order valence-electron chi connectivity index (χ0n) is 32.8. The van der Waals surface area contributed by atoms with Gasteiger partial charge < -0.3 is 9.80 Å². The Morgan fingerprint density at radius 3 is 1.19 bits per heavy atom. The first kappa shape index (κ1) is 34.8. The van der Waals surface area contributed by atoms with Gasteiger partial charge in [0.05, 0.1) is 16.1 Å². The number of hydrogen-bond acceptors (Lipinski definition) is 2. The highest BCUT2D eigenvalue weighted by molar-refractivity contribution is 6.89. The van der Waals surface area contributed by atoms with Crippen LogP contribution in [0.1, 0.15) is 24.0 Å². The predicted octanol–water partition coefficient (Wildman–Crippen LogP) is 12.6. The van der Waals surface area contributed by atoms with Crippen LogP contribution in [0.25, 0.3) is 43.8 Å². The monoisotopic (exact) mass is 736 g/mol. The molecule has 0 saturated heterocycles. The second kappa shape index (κ2) is 13.4. The molecule has 2 aliphatic rings. The minimum atomic E-state index is -1.47. The Morgan fingerprint density at radius 1 is 0.407 bits per heavy atom. The zero-order valence-corrected chi connectivity index (χ0v) is 34.8. The van der Waals surface area contributed by atoms with Crippen molar-refractivity contribution in [1.29, 1.82) is 0 Å². The van der Waals surface area contributed by atoms with Crippen molar-refractivity contribution < 1.29 is 0 Å². The molecule has 54 heavy (non-hydrogen) atoms. The molecule has 0 unspecified atom stereocenters. The van der Waals surface area contributed by atoms with Crippen LogP contribution >= 0.6 is 0 Å². The number of aryl methyl sites for hydroxylation is 2. The molecular weight excluding hydrogens is 685 g/mol. The molecule has 0 aromatic heterocycles. The topological polar surface area (TPSA) is 6.48 Å². The lowest BCUT2D eigenvalue weighted by Crippen LogP contribution is -2.37. The van der Waals surface area contributed by atoms with Crippen LogP contribution in [0.5, 0.6) is 0 Å². The first-order valence-electron chi connectivity index (χ1n) is 20.0. The number of fused-ring (bicyclic) bond motifs is 4. The standard InChI is InChI=1S/C50H52N2Si2/c1-53(2,3)41-25-19-37(20-26-41)49-43-29-23-40(52-32-12-16-36-14-8-10-18-48(36)52)34-46(43)50(38-21-27-42(28-22-38)54(4,5)6)44-30-24-39(33-45(44)49)51-31-11-15-35-13-7-9-17-47(35)51/h7-10,13-14,17-30,33-34H,11-12,15-16,31-32H2,1-6H3. The van der Waals surface area contributed by atoms with Gasteiger partial charge in [0.15, 0.2) is 0 Å². The average Bonchev–Trinajstić information content (AvgIpc) is 3.18. The van der Waals surface area contributed by atoms with Crippen molar-refractivity contribution in [3.63, 3.8) is 0 Å². The fraction of sp³-hybridized carbons (Fsp3) is 0.240. The smallest absolute Gasteiger partial charge is 0.0775 e. The van der Waals surface area contributed by atoms with Gasteiger partial charge in [-0.05, 0) is 117 Å². The van der Waals surface area contributed by atoms with E-state index in [0.717, 1.165) is 38.8 Å². The Labute approximate surface area is 324 Å². The van der Waals surface area contributed by atoms with E-state index in [2.05, 4.69) is 183 Å². The molecule has 4 heteroatoms. The molecule has 0 saturated carbocycles. The molecule has 2 aliphatic heterocycles. The third-order valence-corrected chi connectivity index (χ3v) is 16.1. The number of para-hydroxylation sites is 2. The van der Waals surface area contributed by atoms with Crippen molar-refractivity contribution >= 4 is 70.8 Å². The molecule has 0 radical (unpaired) electrons. The van der Waals surface area contributed by atoms with E-state index in [4.69, 9.17) is 0 Å². The van der Waals surface area contributed by atoms with Crippen LogP contribution in [0.2, 0.25) is 39.3 Å². The van der Waals surface area contributed by atoms with Crippen molar-refractivity contribution in [2.75, 3.05) is 22.9 Å². The van der Waals surface area contributed by atoms with Crippen LogP contribution < -0.4 is 20.2 Å². The number of rotatable bonds is 6. The molecule has 0 fully saturated rings. The third kappa shape index (κ3) is 6.19. The normalized spacial score (nSPS) is 14.7. The van der Waals surface area contributed by atoms with E-state index < -0.39 is 16.1 Å². The lowest BCUT2D eigenvalue weighted by atomic mass is 9.85. The summed E-state index contributed by atoms with van der Waals surface area (Å²) < 4.78 is 0. The van der Waals surface area contributed by atoms with Gasteiger partial charge in [0, 0.05) is 35.8 Å². The average molecular weight is 737 g/mol. The SMILES string of the molecule is C[Si](C)(C)c1ccc(-c2c3ccc(N4CCCc5ccccc54)cc3c(-c3ccc([Si](C)(C)C)cc3)c3ccc(N4CCCc5ccccc54)cc23)cc1. The van der Waals surface area contributed by atoms with E-state index in [1.807, 2.05) is 0 Å². The van der Waals surface area contributed by atoms with Gasteiger partial charge in [-0.3, -0.25) is 0 Å². The van der Waals surface area contributed by atoms with Crippen LogP contribution in [0.15, 0.2) is 133 Å². The molecule has 9 rings (SSSR count). The fourth-order valence-electron chi connectivity index (χ4n) is 9.04. The number of anilines is 4. The van der Waals surface area contributed by atoms with Gasteiger partial charge in [-0.25, -0.2) is 0 Å². The number of nitrogens with zero attached hydrogens (tertiary/aromatic N) is 2. The molecule has 2 nitrogen and oxygen atoms in total. The molecule has 7 aromatic rings. The Kier molecular flexibility index (Phi) is 8.67. The lowest BCUT2D eigenvalue weighted by Gasteiger charge is -2.32. The van der Waals surface area contributed by atoms with Crippen molar-refractivity contribution in [3.8, 4) is 22.3 Å². The van der Waals surface area contributed by atoms with E-state index in [-0.39, 0.29) is 0 Å². The molecule has 270 valence electrons. The second-order valence-electron chi connectivity index (χ2n) is 17.6. The van der Waals surface area contributed by atoms with Crippen molar-refractivity contribution in [3.05, 3.63) is 145 Å². The fourth-order valence-corrected chi connectivity index (χ4v) is 11.4. The summed E-state index contributed by atoms with van der Waals surface area (Å²) in [4.78, 5) is 5.11. The summed E-state index contributed by atoms with van der Waals surface area (Å²) in [6, 6.07) is 51.9. The summed E-state index contributed by atoms with van der Waals surface area (Å²) in [5.74, 6) is 0. The predicted molar refractivity (Wildman–Crippen MR) is 242 cm³/mol. The molecule has 2 heterocycles. The molecule has 0 N–H and O–H groups in total. The maximum absolute atomic E-state index is 2.56. The van der Waals surface area contributed by atoms with Crippen LogP contribution in [-0.2, 0) is 12.8 Å². The van der Waals surface area contributed by atoms with Crippen molar-refractivity contribution in [2.45, 2.75) is 65.0 Å². The van der Waals surface area contributed by atoms with E-state index in [1.54, 1.807) is 0 Å². The first-order valence-corrected chi connectivity index (χ1v) is 27.0. The third-order valence-electron chi connectivity index (χ3n) is 12.0. The lowest BCUT2D eigenvalue weighted by molar-refractivity contribution is 0.767. The summed E-state index contributed by atoms with van der Waals surface area (Å²) >= 11 is 0. The second-order valence-corrected chi connectivity index (χ2v) is 27.8. The van der Waals surface area contributed by atoms with E-state index >= 15 is 0 Å². The number of hydrogen-bond donors (Lipinski definition) is 0. The number of benzene rings is 7. The van der Waals surface area contributed by atoms with Gasteiger partial charge in [-0.1, -0.05) is 147 Å². The minimum absolute atomic E-state index is 1.03. The first-order chi connectivity index (χ1) is 26.0. The highest BCUT2D eigenvalue weighted by atomic mass is 28.3. The van der Waals surface area contributed by atoms with Crippen molar-refractivity contribution in [1.82, 2.24) is 0 Å². The molecular formula is C50H52N2Si2. The maximum Gasteiger partial charge on any atom is 0.0775 e. The highest BCUT2D eigenvalue weighted by Crippen LogP contribution is 2.47. The summed E-state index contributed by atoms with van der Waals surface area (Å²) in [7, 11) is -2.93. The van der Waals surface area contributed by atoms with Gasteiger partial charge in [0.1, 0.15) is 0 Å². The van der Waals surface area contributed by atoms with E-state index in [1.165, 1.54) is 88.0 Å². The molecule has 0 spiro atoms. The van der Waals surface area contributed by atoms with Crippen LogP contribution in [0.3, 0.4) is 0 Å². The van der Waals surface area contributed by atoms with Gasteiger partial charge in [-0.2, -0.15) is 0 Å². The molecule has 0 amide bonds. The molecule has 0 aliphatic carbocycles. The zero-order chi connectivity index (χ0) is 37.2. The summed E-state index contributed by atoms with van der Waals surface area (Å²) in [5.41, 5.74) is 13.4. The van der Waals surface area contributed by atoms with E-state index in [9.17, 15) is 0 Å². The van der Waals surface area contributed by atoms with Gasteiger partial charge >= 0.3 is 0 Å². The Balaban J connectivity index is 1.35. The van der Waals surface area contributed by atoms with Crippen molar-refractivity contribution in [2.24, 2.45) is 0 Å². The molecule has 7 aromatic carbocycles. The summed E-state index contributed by atoms with van der Waals surface area (Å²) in [5, 5.41) is 8.27. The quantitative estimate of drug-likeness (QED) is 0.124. The van der Waals surface area contributed by atoms with Crippen LogP contribution in [-0.4, -0.2) is 29.2 Å². The Morgan fingerprint density at radius 2 is 0.796 bits per heavy atom. The maximum atomic E-state index is 2.56. The largest absolute Gasteiger partial charge is 0.341 e. The van der Waals surface area contributed by atoms with Crippen LogP contribution in [0, 0.1) is 0 Å². The van der Waals surface area contributed by atoms with Gasteiger partial charge in [-0.15, -0.1) is 0 Å². The van der Waals surface area contributed by atoms with Crippen LogP contribution in [0.4, 0.5) is 22.7 Å². The van der Waals surface area contributed by atoms with Gasteiger partial charge in [0.25, 0.3) is 0 Å². The highest BCUT2D eigenvalue weighted by Gasteiger charge is 2.25. The Bertz CT molecular complexity index is 2340. The Hall–Kier alpha value is -4.91. The molecule has 0 atom stereocenters. The molecule has 0 bridgehead atoms. The summed E-state index contributed by atoms with van der Waals surface area (Å²) in [6.07, 6.45) is 4.60. The van der Waals surface area contributed by atoms with Gasteiger partial charge in [0.2, 0.25) is 0 Å². The van der Waals surface area contributed by atoms with E-state index in [0.29, 0.717) is 0 Å². The minimum Gasteiger partial charge on any atom is -0.341 e. The summed E-state index contributed by atoms with van der Waals surface area (Å²) in [6.45, 7) is 16.7.